The van der Waals surface area contributed by atoms with Gasteiger partial charge >= 0.3 is 0 Å². The molecule has 1 fully saturated rings. The van der Waals surface area contributed by atoms with Crippen molar-refractivity contribution in [1.29, 1.82) is 0 Å². The van der Waals surface area contributed by atoms with E-state index < -0.39 is 0 Å². The van der Waals surface area contributed by atoms with Gasteiger partial charge in [0.15, 0.2) is 0 Å². The van der Waals surface area contributed by atoms with Crippen LogP contribution in [0.4, 0.5) is 4.39 Å². The highest BCUT2D eigenvalue weighted by molar-refractivity contribution is 5.99. The van der Waals surface area contributed by atoms with Gasteiger partial charge in [-0.1, -0.05) is 6.07 Å². The summed E-state index contributed by atoms with van der Waals surface area (Å²) in [7, 11) is 0. The van der Waals surface area contributed by atoms with E-state index in [0.717, 1.165) is 31.2 Å². The molecule has 2 aromatic rings. The number of carbonyl (C=O) groups excluding carboxylic acids is 2. The van der Waals surface area contributed by atoms with Crippen LogP contribution in [0.15, 0.2) is 18.2 Å². The average Bonchev–Trinajstić information content (AvgIpc) is 2.99. The van der Waals surface area contributed by atoms with Gasteiger partial charge in [-0.05, 0) is 50.3 Å². The Morgan fingerprint density at radius 2 is 1.75 bits per heavy atom. The van der Waals surface area contributed by atoms with Gasteiger partial charge in [-0.15, -0.1) is 0 Å². The minimum Gasteiger partial charge on any atom is -0.354 e. The lowest BCUT2D eigenvalue weighted by atomic mass is 9.91. The van der Waals surface area contributed by atoms with Gasteiger partial charge in [-0.2, -0.15) is 0 Å². The number of rotatable bonds is 3. The van der Waals surface area contributed by atoms with Gasteiger partial charge in [0.25, 0.3) is 5.91 Å². The predicted molar refractivity (Wildman–Crippen MR) is 90.3 cm³/mol. The fourth-order valence-corrected chi connectivity index (χ4v) is 3.38. The minimum atomic E-state index is -0.332. The zero-order chi connectivity index (χ0) is 17.3. The highest BCUT2D eigenvalue weighted by Gasteiger charge is 2.24. The predicted octanol–water partition coefficient (Wildman–Crippen LogP) is 2.79. The first-order valence-corrected chi connectivity index (χ1v) is 8.30. The second-order valence-corrected chi connectivity index (χ2v) is 6.56. The fraction of sp³-hybridized carbons (Fsp3) is 0.444. The van der Waals surface area contributed by atoms with Gasteiger partial charge in [0.1, 0.15) is 11.5 Å². The molecule has 0 radical (unpaired) electrons. The molecule has 1 aromatic carbocycles. The quantitative estimate of drug-likeness (QED) is 0.809. The largest absolute Gasteiger partial charge is 0.354 e. The second kappa shape index (κ2) is 6.63. The van der Waals surface area contributed by atoms with Gasteiger partial charge in [0.2, 0.25) is 5.91 Å². The summed E-state index contributed by atoms with van der Waals surface area (Å²) < 4.78 is 13.9. The third-order valence-corrected chi connectivity index (χ3v) is 4.66. The molecule has 5 nitrogen and oxygen atoms in total. The Morgan fingerprint density at radius 3 is 2.33 bits per heavy atom. The van der Waals surface area contributed by atoms with Crippen molar-refractivity contribution in [1.82, 2.24) is 15.6 Å². The van der Waals surface area contributed by atoms with Crippen LogP contribution in [0.3, 0.4) is 0 Å². The first-order chi connectivity index (χ1) is 11.4. The lowest BCUT2D eigenvalue weighted by Crippen LogP contribution is -2.43. The number of nitrogens with one attached hydrogen (secondary N) is 3. The third-order valence-electron chi connectivity index (χ3n) is 4.66. The van der Waals surface area contributed by atoms with Gasteiger partial charge in [0, 0.05) is 24.4 Å². The highest BCUT2D eigenvalue weighted by atomic mass is 19.1. The summed E-state index contributed by atoms with van der Waals surface area (Å²) in [6, 6.07) is 4.95. The first kappa shape index (κ1) is 16.5. The zero-order valence-corrected chi connectivity index (χ0v) is 13.9. The molecule has 0 atom stereocenters. The van der Waals surface area contributed by atoms with Gasteiger partial charge in [0.05, 0.1) is 5.52 Å². The molecule has 0 spiro atoms. The molecule has 6 heteroatoms. The maximum absolute atomic E-state index is 13.9. The molecule has 24 heavy (non-hydrogen) atoms. The second-order valence-electron chi connectivity index (χ2n) is 6.56. The van der Waals surface area contributed by atoms with E-state index in [9.17, 15) is 14.0 Å². The van der Waals surface area contributed by atoms with E-state index in [4.69, 9.17) is 0 Å². The molecule has 3 rings (SSSR count). The average molecular weight is 331 g/mol. The molecule has 1 aliphatic rings. The van der Waals surface area contributed by atoms with Crippen LogP contribution in [0, 0.1) is 12.7 Å². The number of benzene rings is 1. The van der Waals surface area contributed by atoms with E-state index in [-0.39, 0.29) is 29.7 Å². The number of halogens is 1. The Hall–Kier alpha value is -2.37. The van der Waals surface area contributed by atoms with Crippen LogP contribution in [0.2, 0.25) is 0 Å². The lowest BCUT2D eigenvalue weighted by molar-refractivity contribution is -0.119. The molecule has 1 aromatic heterocycles. The Balaban J connectivity index is 1.65. The Labute approximate surface area is 140 Å². The maximum atomic E-state index is 13.9. The number of aryl methyl sites for hydroxylation is 1. The smallest absolute Gasteiger partial charge is 0.267 e. The standard InChI is InChI=1S/C18H22FN3O2/c1-10-3-8-15(19)14-9-16(22-17(10)14)18(24)21-13-6-4-12(5-7-13)20-11(2)23/h3,8-9,12-13,22H,4-7H2,1-2H3,(H,20,23)(H,21,24). The van der Waals surface area contributed by atoms with E-state index in [2.05, 4.69) is 15.6 Å². The van der Waals surface area contributed by atoms with Crippen LogP contribution in [0.1, 0.15) is 48.7 Å². The summed E-state index contributed by atoms with van der Waals surface area (Å²) in [6.45, 7) is 3.40. The summed E-state index contributed by atoms with van der Waals surface area (Å²) in [5, 5.41) is 6.36. The van der Waals surface area contributed by atoms with Crippen molar-refractivity contribution in [3.05, 3.63) is 35.3 Å². The van der Waals surface area contributed by atoms with E-state index in [1.54, 1.807) is 12.1 Å². The number of H-pyrrole nitrogens is 1. The molecule has 3 N–H and O–H groups in total. The summed E-state index contributed by atoms with van der Waals surface area (Å²) >= 11 is 0. The van der Waals surface area contributed by atoms with Crippen molar-refractivity contribution in [3.63, 3.8) is 0 Å². The molecular weight excluding hydrogens is 309 g/mol. The number of carbonyl (C=O) groups is 2. The molecule has 1 aliphatic carbocycles. The summed E-state index contributed by atoms with van der Waals surface area (Å²) in [4.78, 5) is 26.5. The van der Waals surface area contributed by atoms with Crippen molar-refractivity contribution in [3.8, 4) is 0 Å². The molecule has 1 heterocycles. The van der Waals surface area contributed by atoms with Crippen molar-refractivity contribution in [2.45, 2.75) is 51.6 Å². The normalized spacial score (nSPS) is 20.8. The lowest BCUT2D eigenvalue weighted by Gasteiger charge is -2.29. The van der Waals surface area contributed by atoms with E-state index >= 15 is 0 Å². The SMILES string of the molecule is CC(=O)NC1CCC(NC(=O)c2cc3c(F)ccc(C)c3[nH]2)CC1. The highest BCUT2D eigenvalue weighted by Crippen LogP contribution is 2.23. The molecule has 1 saturated carbocycles. The molecular formula is C18H22FN3O2. The van der Waals surface area contributed by atoms with Gasteiger partial charge < -0.3 is 15.6 Å². The molecule has 2 amide bonds. The van der Waals surface area contributed by atoms with Gasteiger partial charge in [-0.3, -0.25) is 9.59 Å². The van der Waals surface area contributed by atoms with E-state index in [1.807, 2.05) is 6.92 Å². The summed E-state index contributed by atoms with van der Waals surface area (Å²) in [5.41, 5.74) is 1.94. The number of hydrogen-bond acceptors (Lipinski definition) is 2. The topological polar surface area (TPSA) is 74.0 Å². The number of hydrogen-bond donors (Lipinski definition) is 3. The summed E-state index contributed by atoms with van der Waals surface area (Å²) in [6.07, 6.45) is 3.35. The Bertz CT molecular complexity index is 737. The monoisotopic (exact) mass is 331 g/mol. The summed E-state index contributed by atoms with van der Waals surface area (Å²) in [5.74, 6) is -0.562. The fourth-order valence-electron chi connectivity index (χ4n) is 3.38. The molecule has 0 saturated heterocycles. The Kier molecular flexibility index (Phi) is 4.55. The third kappa shape index (κ3) is 3.42. The number of aromatic nitrogens is 1. The van der Waals surface area contributed by atoms with Crippen LogP contribution < -0.4 is 10.6 Å². The van der Waals surface area contributed by atoms with E-state index in [1.165, 1.54) is 13.0 Å². The number of amides is 2. The number of aromatic amines is 1. The molecule has 0 bridgehead atoms. The van der Waals surface area contributed by atoms with Crippen LogP contribution >= 0.6 is 0 Å². The van der Waals surface area contributed by atoms with Crippen LogP contribution in [0.25, 0.3) is 10.9 Å². The molecule has 128 valence electrons. The van der Waals surface area contributed by atoms with Crippen LogP contribution in [0.5, 0.6) is 0 Å². The maximum Gasteiger partial charge on any atom is 0.267 e. The molecule has 0 aliphatic heterocycles. The minimum absolute atomic E-state index is 0.0158. The zero-order valence-electron chi connectivity index (χ0n) is 13.9. The van der Waals surface area contributed by atoms with Crippen molar-refractivity contribution >= 4 is 22.7 Å². The van der Waals surface area contributed by atoms with Crippen molar-refractivity contribution in [2.75, 3.05) is 0 Å². The molecule has 0 unspecified atom stereocenters. The van der Waals surface area contributed by atoms with Gasteiger partial charge in [-0.25, -0.2) is 4.39 Å². The van der Waals surface area contributed by atoms with Crippen LogP contribution in [-0.4, -0.2) is 28.9 Å². The van der Waals surface area contributed by atoms with Crippen molar-refractivity contribution in [2.24, 2.45) is 0 Å². The van der Waals surface area contributed by atoms with Crippen molar-refractivity contribution < 1.29 is 14.0 Å². The Morgan fingerprint density at radius 1 is 1.12 bits per heavy atom. The van der Waals surface area contributed by atoms with E-state index in [0.29, 0.717) is 16.6 Å². The van der Waals surface area contributed by atoms with Crippen LogP contribution in [-0.2, 0) is 4.79 Å². The number of fused-ring (bicyclic) bond motifs is 1. The first-order valence-electron chi connectivity index (χ1n) is 8.30.